The number of rotatable bonds is 4. The van der Waals surface area contributed by atoms with Gasteiger partial charge in [-0.3, -0.25) is 0 Å². The molecule has 0 saturated heterocycles. The molecule has 0 aliphatic heterocycles. The molecule has 1 heterocycles. The van der Waals surface area contributed by atoms with E-state index in [-0.39, 0.29) is 11.9 Å². The number of hydrogen-bond acceptors (Lipinski definition) is 5. The predicted octanol–water partition coefficient (Wildman–Crippen LogP) is 1.16. The number of nitrogens with zero attached hydrogens (tertiary/aromatic N) is 2. The predicted molar refractivity (Wildman–Crippen MR) is 56.4 cm³/mol. The third-order valence-corrected chi connectivity index (χ3v) is 1.99. The van der Waals surface area contributed by atoms with Crippen molar-refractivity contribution < 1.29 is 4.74 Å². The van der Waals surface area contributed by atoms with Gasteiger partial charge in [-0.15, -0.1) is 0 Å². The van der Waals surface area contributed by atoms with Gasteiger partial charge in [0.25, 0.3) is 0 Å². The van der Waals surface area contributed by atoms with Crippen molar-refractivity contribution in [2.45, 2.75) is 13.0 Å². The molecule has 0 aliphatic rings. The molecule has 1 aromatic rings. The van der Waals surface area contributed by atoms with E-state index in [0.717, 1.165) is 0 Å². The lowest BCUT2D eigenvalue weighted by atomic mass is 10.3. The maximum absolute atomic E-state index is 5.88. The molecule has 5 nitrogen and oxygen atoms in total. The molecule has 0 saturated carbocycles. The third kappa shape index (κ3) is 2.71. The van der Waals surface area contributed by atoms with Crippen molar-refractivity contribution in [3.05, 3.63) is 11.3 Å². The normalized spacial score (nSPS) is 12.5. The second-order valence-corrected chi connectivity index (χ2v) is 3.30. The average Bonchev–Trinajstić information content (AvgIpc) is 2.13. The van der Waals surface area contributed by atoms with E-state index < -0.39 is 0 Å². The van der Waals surface area contributed by atoms with Gasteiger partial charge in [-0.25, -0.2) is 9.97 Å². The van der Waals surface area contributed by atoms with Gasteiger partial charge in [0.05, 0.1) is 6.61 Å². The first kappa shape index (κ1) is 11.0. The van der Waals surface area contributed by atoms with Gasteiger partial charge < -0.3 is 15.8 Å². The molecule has 0 bridgehead atoms. The Morgan fingerprint density at radius 3 is 3.00 bits per heavy atom. The molecule has 1 rings (SSSR count). The van der Waals surface area contributed by atoms with E-state index in [2.05, 4.69) is 15.3 Å². The van der Waals surface area contributed by atoms with E-state index in [4.69, 9.17) is 22.1 Å². The third-order valence-electron chi connectivity index (χ3n) is 1.62. The second kappa shape index (κ2) is 4.97. The number of hydrogen-bond donors (Lipinski definition) is 2. The Morgan fingerprint density at radius 2 is 2.36 bits per heavy atom. The van der Waals surface area contributed by atoms with E-state index in [0.29, 0.717) is 17.4 Å². The smallest absolute Gasteiger partial charge is 0.150 e. The van der Waals surface area contributed by atoms with E-state index in [9.17, 15) is 0 Å². The molecule has 1 atom stereocenters. The lowest BCUT2D eigenvalue weighted by molar-refractivity contribution is 0.190. The largest absolute Gasteiger partial charge is 0.383 e. The average molecular weight is 217 g/mol. The highest BCUT2D eigenvalue weighted by Crippen LogP contribution is 2.23. The van der Waals surface area contributed by atoms with Crippen LogP contribution in [0.1, 0.15) is 6.92 Å². The minimum atomic E-state index is 0.117. The number of anilines is 2. The summed E-state index contributed by atoms with van der Waals surface area (Å²) in [5, 5.41) is 3.41. The summed E-state index contributed by atoms with van der Waals surface area (Å²) in [7, 11) is 1.63. The molecule has 0 spiro atoms. The first-order chi connectivity index (χ1) is 6.65. The molecular formula is C8H13ClN4O. The highest BCUT2D eigenvalue weighted by molar-refractivity contribution is 6.35. The number of aromatic nitrogens is 2. The van der Waals surface area contributed by atoms with Gasteiger partial charge >= 0.3 is 0 Å². The molecule has 0 aliphatic carbocycles. The fourth-order valence-corrected chi connectivity index (χ4v) is 1.16. The Labute approximate surface area is 87.6 Å². The van der Waals surface area contributed by atoms with Crippen molar-refractivity contribution in [2.24, 2.45) is 0 Å². The standard InChI is InChI=1S/C8H13ClN4O/c1-5(3-14-2)13-8-6(9)7(10)11-4-12-8/h4-5H,3H2,1-2H3,(H3,10,11,12,13). The van der Waals surface area contributed by atoms with Crippen LogP contribution in [0.2, 0.25) is 5.02 Å². The highest BCUT2D eigenvalue weighted by Gasteiger charge is 2.08. The van der Waals surface area contributed by atoms with Crippen LogP contribution in [0.4, 0.5) is 11.6 Å². The molecule has 0 amide bonds. The zero-order chi connectivity index (χ0) is 10.6. The van der Waals surface area contributed by atoms with Crippen molar-refractivity contribution >= 4 is 23.2 Å². The summed E-state index contributed by atoms with van der Waals surface area (Å²) in [5.41, 5.74) is 5.52. The van der Waals surface area contributed by atoms with Gasteiger partial charge in [0.15, 0.2) is 5.82 Å². The topological polar surface area (TPSA) is 73.1 Å². The van der Waals surface area contributed by atoms with Gasteiger partial charge in [0.2, 0.25) is 0 Å². The van der Waals surface area contributed by atoms with Crippen molar-refractivity contribution in [2.75, 3.05) is 24.8 Å². The quantitative estimate of drug-likeness (QED) is 0.790. The Balaban J connectivity index is 2.71. The van der Waals surface area contributed by atoms with Crippen LogP contribution in [0.3, 0.4) is 0 Å². The Hall–Kier alpha value is -1.07. The number of nitrogens with two attached hydrogens (primary N) is 1. The minimum Gasteiger partial charge on any atom is -0.383 e. The number of ether oxygens (including phenoxy) is 1. The van der Waals surface area contributed by atoms with Crippen molar-refractivity contribution in [1.82, 2.24) is 9.97 Å². The number of nitrogens with one attached hydrogen (secondary N) is 1. The van der Waals surface area contributed by atoms with Gasteiger partial charge in [-0.2, -0.15) is 0 Å². The van der Waals surface area contributed by atoms with E-state index in [1.165, 1.54) is 6.33 Å². The Morgan fingerprint density at radius 1 is 1.64 bits per heavy atom. The molecule has 1 aromatic heterocycles. The van der Waals surface area contributed by atoms with Gasteiger partial charge in [-0.1, -0.05) is 11.6 Å². The van der Waals surface area contributed by atoms with Crippen LogP contribution < -0.4 is 11.1 Å². The molecule has 78 valence electrons. The minimum absolute atomic E-state index is 0.117. The molecule has 14 heavy (non-hydrogen) atoms. The lowest BCUT2D eigenvalue weighted by Gasteiger charge is -2.14. The summed E-state index contributed by atoms with van der Waals surface area (Å²) in [6.45, 7) is 2.53. The van der Waals surface area contributed by atoms with Gasteiger partial charge in [-0.05, 0) is 6.92 Å². The van der Waals surface area contributed by atoms with Crippen molar-refractivity contribution in [1.29, 1.82) is 0 Å². The van der Waals surface area contributed by atoms with Gasteiger partial charge in [0, 0.05) is 13.2 Å². The van der Waals surface area contributed by atoms with E-state index in [1.807, 2.05) is 6.92 Å². The fraction of sp³-hybridized carbons (Fsp3) is 0.500. The van der Waals surface area contributed by atoms with Crippen LogP contribution in [0.5, 0.6) is 0 Å². The highest BCUT2D eigenvalue weighted by atomic mass is 35.5. The Bertz CT molecular complexity index is 307. The summed E-state index contributed by atoms with van der Waals surface area (Å²) in [4.78, 5) is 7.73. The van der Waals surface area contributed by atoms with Gasteiger partial charge in [0.1, 0.15) is 17.2 Å². The number of nitrogen functional groups attached to an aromatic ring is 1. The molecule has 0 radical (unpaired) electrons. The Kier molecular flexibility index (Phi) is 3.91. The van der Waals surface area contributed by atoms with Crippen LogP contribution in [0.25, 0.3) is 0 Å². The van der Waals surface area contributed by atoms with E-state index >= 15 is 0 Å². The van der Waals surface area contributed by atoms with Crippen molar-refractivity contribution in [3.8, 4) is 0 Å². The summed E-state index contributed by atoms with van der Waals surface area (Å²) >= 11 is 5.88. The van der Waals surface area contributed by atoms with Crippen LogP contribution in [0.15, 0.2) is 6.33 Å². The van der Waals surface area contributed by atoms with Crippen LogP contribution in [-0.2, 0) is 4.74 Å². The fourth-order valence-electron chi connectivity index (χ4n) is 1.01. The molecular weight excluding hydrogens is 204 g/mol. The second-order valence-electron chi connectivity index (χ2n) is 2.92. The first-order valence-electron chi connectivity index (χ1n) is 4.16. The number of methoxy groups -OCH3 is 1. The summed E-state index contributed by atoms with van der Waals surface area (Å²) in [5.74, 6) is 0.803. The van der Waals surface area contributed by atoms with Crippen LogP contribution >= 0.6 is 11.6 Å². The lowest BCUT2D eigenvalue weighted by Crippen LogP contribution is -2.21. The molecule has 0 aromatic carbocycles. The maximum atomic E-state index is 5.88. The van der Waals surface area contributed by atoms with Crippen molar-refractivity contribution in [3.63, 3.8) is 0 Å². The zero-order valence-electron chi connectivity index (χ0n) is 8.12. The zero-order valence-corrected chi connectivity index (χ0v) is 8.88. The molecule has 3 N–H and O–H groups in total. The molecule has 0 fully saturated rings. The first-order valence-corrected chi connectivity index (χ1v) is 4.54. The summed E-state index contributed by atoms with van der Waals surface area (Å²) < 4.78 is 4.97. The van der Waals surface area contributed by atoms with E-state index in [1.54, 1.807) is 7.11 Å². The van der Waals surface area contributed by atoms with Crippen LogP contribution in [-0.4, -0.2) is 29.7 Å². The summed E-state index contributed by atoms with van der Waals surface area (Å²) in [6.07, 6.45) is 1.36. The maximum Gasteiger partial charge on any atom is 0.150 e. The SMILES string of the molecule is COCC(C)Nc1ncnc(N)c1Cl. The number of halogens is 1. The molecule has 6 heteroatoms. The molecule has 1 unspecified atom stereocenters. The summed E-state index contributed by atoms with van der Waals surface area (Å²) in [6, 6.07) is 0.117. The van der Waals surface area contributed by atoms with Crippen LogP contribution in [0, 0.1) is 0 Å². The monoisotopic (exact) mass is 216 g/mol.